The van der Waals surface area contributed by atoms with Crippen LogP contribution in [0.15, 0.2) is 4.42 Å². The highest BCUT2D eigenvalue weighted by molar-refractivity contribution is 7.88. The van der Waals surface area contributed by atoms with Crippen LogP contribution in [-0.4, -0.2) is 62.2 Å². The lowest BCUT2D eigenvalue weighted by Crippen LogP contribution is -2.49. The molecule has 9 heteroatoms. The summed E-state index contributed by atoms with van der Waals surface area (Å²) >= 11 is 0. The first-order chi connectivity index (χ1) is 10.3. The number of aryl methyl sites for hydroxylation is 2. The second kappa shape index (κ2) is 6.76. The first-order valence-corrected chi connectivity index (χ1v) is 8.97. The van der Waals surface area contributed by atoms with Crippen LogP contribution in [0.3, 0.4) is 0 Å². The lowest BCUT2D eigenvalue weighted by molar-refractivity contribution is 0.000294. The Hall–Kier alpha value is -1.45. The van der Waals surface area contributed by atoms with Gasteiger partial charge in [-0.25, -0.2) is 13.4 Å². The number of nitrogens with one attached hydrogen (secondary N) is 1. The van der Waals surface area contributed by atoms with Gasteiger partial charge in [0.1, 0.15) is 0 Å². The number of oxazole rings is 1. The van der Waals surface area contributed by atoms with Gasteiger partial charge in [0.15, 0.2) is 5.89 Å². The number of amides is 1. The molecule has 0 aromatic carbocycles. The Morgan fingerprint density at radius 3 is 2.82 bits per heavy atom. The SMILES string of the molecule is CCc1nc(C)c(C(=O)NCC2CN(S(C)(=O)=O)CCO2)o1. The van der Waals surface area contributed by atoms with Crippen molar-refractivity contribution in [3.05, 3.63) is 17.3 Å². The number of hydrogen-bond donors (Lipinski definition) is 1. The van der Waals surface area contributed by atoms with Crippen molar-refractivity contribution in [1.29, 1.82) is 0 Å². The minimum Gasteiger partial charge on any atom is -0.435 e. The Kier molecular flexibility index (Phi) is 5.20. The predicted octanol–water partition coefficient (Wildman–Crippen LogP) is -0.0644. The molecule has 1 aromatic heterocycles. The maximum Gasteiger partial charge on any atom is 0.289 e. The molecule has 1 fully saturated rings. The Labute approximate surface area is 129 Å². The van der Waals surface area contributed by atoms with Crippen LogP contribution in [0.2, 0.25) is 0 Å². The van der Waals surface area contributed by atoms with Gasteiger partial charge < -0.3 is 14.5 Å². The Balaban J connectivity index is 1.92. The largest absolute Gasteiger partial charge is 0.435 e. The van der Waals surface area contributed by atoms with Crippen molar-refractivity contribution in [2.45, 2.75) is 26.4 Å². The standard InChI is InChI=1S/C13H21N3O5S/c1-4-11-15-9(2)12(21-11)13(17)14-7-10-8-16(5-6-20-10)22(3,18)19/h10H,4-8H2,1-3H3,(H,14,17). The van der Waals surface area contributed by atoms with E-state index in [4.69, 9.17) is 9.15 Å². The molecular formula is C13H21N3O5S. The molecule has 1 saturated heterocycles. The maximum atomic E-state index is 12.1. The van der Waals surface area contributed by atoms with Crippen LogP contribution in [0.4, 0.5) is 0 Å². The maximum absolute atomic E-state index is 12.1. The number of ether oxygens (including phenoxy) is 1. The minimum absolute atomic E-state index is 0.188. The summed E-state index contributed by atoms with van der Waals surface area (Å²) in [5.41, 5.74) is 0.539. The third-order valence-electron chi connectivity index (χ3n) is 3.41. The third kappa shape index (κ3) is 4.05. The smallest absolute Gasteiger partial charge is 0.289 e. The zero-order chi connectivity index (χ0) is 16.3. The first-order valence-electron chi connectivity index (χ1n) is 7.12. The predicted molar refractivity (Wildman–Crippen MR) is 79.1 cm³/mol. The molecule has 1 aromatic rings. The topological polar surface area (TPSA) is 102 Å². The molecule has 0 saturated carbocycles. The molecule has 0 radical (unpaired) electrons. The number of aromatic nitrogens is 1. The van der Waals surface area contributed by atoms with Crippen LogP contribution in [0, 0.1) is 6.92 Å². The average Bonchev–Trinajstić information content (AvgIpc) is 2.85. The van der Waals surface area contributed by atoms with Crippen molar-refractivity contribution in [3.63, 3.8) is 0 Å². The highest BCUT2D eigenvalue weighted by Crippen LogP contribution is 2.12. The van der Waals surface area contributed by atoms with Crippen LogP contribution in [0.1, 0.15) is 29.1 Å². The van der Waals surface area contributed by atoms with E-state index in [-0.39, 0.29) is 30.9 Å². The molecule has 1 atom stereocenters. The van der Waals surface area contributed by atoms with E-state index in [1.54, 1.807) is 6.92 Å². The van der Waals surface area contributed by atoms with Gasteiger partial charge in [-0.15, -0.1) is 0 Å². The van der Waals surface area contributed by atoms with Gasteiger partial charge in [-0.2, -0.15) is 4.31 Å². The zero-order valence-electron chi connectivity index (χ0n) is 13.0. The summed E-state index contributed by atoms with van der Waals surface area (Å²) < 4.78 is 35.3. The molecule has 1 amide bonds. The molecule has 2 rings (SSSR count). The van der Waals surface area contributed by atoms with Gasteiger partial charge in [0.25, 0.3) is 5.91 Å². The molecule has 2 heterocycles. The zero-order valence-corrected chi connectivity index (χ0v) is 13.8. The minimum atomic E-state index is -3.24. The van der Waals surface area contributed by atoms with Crippen molar-refractivity contribution < 1.29 is 22.4 Å². The fourth-order valence-corrected chi connectivity index (χ4v) is 3.06. The number of carbonyl (C=O) groups is 1. The lowest BCUT2D eigenvalue weighted by atomic mass is 10.3. The number of nitrogens with zero attached hydrogens (tertiary/aromatic N) is 2. The van der Waals surface area contributed by atoms with E-state index in [0.29, 0.717) is 31.2 Å². The van der Waals surface area contributed by atoms with E-state index >= 15 is 0 Å². The van der Waals surface area contributed by atoms with Crippen LogP contribution in [-0.2, 0) is 21.2 Å². The molecule has 1 unspecified atom stereocenters. The monoisotopic (exact) mass is 331 g/mol. The molecule has 1 aliphatic rings. The molecule has 0 bridgehead atoms. The highest BCUT2D eigenvalue weighted by Gasteiger charge is 2.27. The summed E-state index contributed by atoms with van der Waals surface area (Å²) in [6, 6.07) is 0. The average molecular weight is 331 g/mol. The number of morpholine rings is 1. The second-order valence-corrected chi connectivity index (χ2v) is 7.18. The summed E-state index contributed by atoms with van der Waals surface area (Å²) in [6.07, 6.45) is 1.41. The fraction of sp³-hybridized carbons (Fsp3) is 0.692. The van der Waals surface area contributed by atoms with E-state index in [1.165, 1.54) is 4.31 Å². The molecule has 1 N–H and O–H groups in total. The van der Waals surface area contributed by atoms with Gasteiger partial charge in [0, 0.05) is 26.1 Å². The van der Waals surface area contributed by atoms with Crippen LogP contribution in [0.25, 0.3) is 0 Å². The molecule has 8 nitrogen and oxygen atoms in total. The van der Waals surface area contributed by atoms with E-state index in [2.05, 4.69) is 10.3 Å². The molecule has 0 aliphatic carbocycles. The van der Waals surface area contributed by atoms with Crippen LogP contribution in [0.5, 0.6) is 0 Å². The summed E-state index contributed by atoms with van der Waals surface area (Å²) in [7, 11) is -3.24. The van der Waals surface area contributed by atoms with Gasteiger partial charge in [-0.1, -0.05) is 6.92 Å². The van der Waals surface area contributed by atoms with Crippen molar-refractivity contribution in [3.8, 4) is 0 Å². The number of rotatable bonds is 5. The lowest BCUT2D eigenvalue weighted by Gasteiger charge is -2.31. The number of hydrogen-bond acceptors (Lipinski definition) is 6. The van der Waals surface area contributed by atoms with Gasteiger partial charge in [-0.05, 0) is 6.92 Å². The summed E-state index contributed by atoms with van der Waals surface area (Å²) in [5.74, 6) is 0.331. The van der Waals surface area contributed by atoms with Crippen molar-refractivity contribution in [1.82, 2.24) is 14.6 Å². The van der Waals surface area contributed by atoms with Crippen molar-refractivity contribution in [2.75, 3.05) is 32.5 Å². The molecule has 1 aliphatic heterocycles. The van der Waals surface area contributed by atoms with Gasteiger partial charge in [0.05, 0.1) is 24.7 Å². The Morgan fingerprint density at radius 2 is 2.23 bits per heavy atom. The Bertz CT molecular complexity index is 640. The van der Waals surface area contributed by atoms with Crippen LogP contribution >= 0.6 is 0 Å². The summed E-state index contributed by atoms with van der Waals surface area (Å²) in [4.78, 5) is 16.2. The second-order valence-electron chi connectivity index (χ2n) is 5.20. The van der Waals surface area contributed by atoms with Crippen molar-refractivity contribution >= 4 is 15.9 Å². The van der Waals surface area contributed by atoms with Crippen molar-refractivity contribution in [2.24, 2.45) is 0 Å². The van der Waals surface area contributed by atoms with Crippen LogP contribution < -0.4 is 5.32 Å². The van der Waals surface area contributed by atoms with Gasteiger partial charge in [0.2, 0.25) is 15.8 Å². The van der Waals surface area contributed by atoms with Gasteiger partial charge >= 0.3 is 0 Å². The normalized spacial score (nSPS) is 20.0. The molecule has 22 heavy (non-hydrogen) atoms. The summed E-state index contributed by atoms with van der Waals surface area (Å²) in [6.45, 7) is 4.70. The molecule has 124 valence electrons. The number of sulfonamides is 1. The molecular weight excluding hydrogens is 310 g/mol. The van der Waals surface area contributed by atoms with E-state index in [1.807, 2.05) is 6.92 Å². The Morgan fingerprint density at radius 1 is 1.50 bits per heavy atom. The highest BCUT2D eigenvalue weighted by atomic mass is 32.2. The quantitative estimate of drug-likeness (QED) is 0.811. The van der Waals surface area contributed by atoms with Gasteiger partial charge in [-0.3, -0.25) is 4.79 Å². The van der Waals surface area contributed by atoms with E-state index in [0.717, 1.165) is 6.26 Å². The molecule has 0 spiro atoms. The first kappa shape index (κ1) is 16.9. The number of carbonyl (C=O) groups excluding carboxylic acids is 1. The van der Waals surface area contributed by atoms with E-state index in [9.17, 15) is 13.2 Å². The third-order valence-corrected chi connectivity index (χ3v) is 4.68. The van der Waals surface area contributed by atoms with E-state index < -0.39 is 10.0 Å². The fourth-order valence-electron chi connectivity index (χ4n) is 2.22. The summed E-state index contributed by atoms with van der Waals surface area (Å²) in [5, 5.41) is 2.70.